The SMILES string of the molecule is CC(C)c1cc(-c2coc3cc(O[C@@H]4O[C@H](CO)[C@@H](O)[C@H](O)[C@H]4O)ccc3c2=O)ccc1O. The first-order valence-electron chi connectivity index (χ1n) is 10.6. The minimum absolute atomic E-state index is 0.0690. The fraction of sp³-hybridized carbons (Fsp3) is 0.375. The standard InChI is InChI=1S/C24H26O9/c1-11(2)15-7-12(3-6-17(15)26)16-10-31-18-8-13(4-5-14(18)20(16)27)32-24-23(30)22(29)21(28)19(9-25)33-24/h3-8,10-11,19,21-26,28-30H,9H2,1-2H3/t19-,21-,22+,23-,24-/m1/s1. The topological polar surface area (TPSA) is 150 Å². The van der Waals surface area contributed by atoms with Gasteiger partial charge < -0.3 is 39.4 Å². The average molecular weight is 458 g/mol. The van der Waals surface area contributed by atoms with E-state index < -0.39 is 37.3 Å². The monoisotopic (exact) mass is 458 g/mol. The molecule has 9 nitrogen and oxygen atoms in total. The summed E-state index contributed by atoms with van der Waals surface area (Å²) >= 11 is 0. The van der Waals surface area contributed by atoms with Crippen molar-refractivity contribution in [2.45, 2.75) is 50.5 Å². The summed E-state index contributed by atoms with van der Waals surface area (Å²) in [5, 5.41) is 49.6. The van der Waals surface area contributed by atoms with Crippen LogP contribution in [0.5, 0.6) is 11.5 Å². The van der Waals surface area contributed by atoms with Crippen LogP contribution in [0.25, 0.3) is 22.1 Å². The van der Waals surface area contributed by atoms with Crippen molar-refractivity contribution >= 4 is 11.0 Å². The van der Waals surface area contributed by atoms with Gasteiger partial charge in [0.05, 0.1) is 17.6 Å². The van der Waals surface area contributed by atoms with Gasteiger partial charge in [0.2, 0.25) is 6.29 Å². The highest BCUT2D eigenvalue weighted by Gasteiger charge is 2.44. The van der Waals surface area contributed by atoms with Crippen molar-refractivity contribution in [3.05, 3.63) is 58.4 Å². The quantitative estimate of drug-likeness (QED) is 0.383. The first-order chi connectivity index (χ1) is 15.7. The number of hydrogen-bond donors (Lipinski definition) is 5. The zero-order valence-electron chi connectivity index (χ0n) is 18.1. The van der Waals surface area contributed by atoms with E-state index in [0.717, 1.165) is 5.56 Å². The minimum Gasteiger partial charge on any atom is -0.508 e. The van der Waals surface area contributed by atoms with Crippen LogP contribution in [0.2, 0.25) is 0 Å². The smallest absolute Gasteiger partial charge is 0.229 e. The van der Waals surface area contributed by atoms with E-state index in [0.29, 0.717) is 16.5 Å². The van der Waals surface area contributed by atoms with E-state index in [1.807, 2.05) is 13.8 Å². The van der Waals surface area contributed by atoms with Crippen molar-refractivity contribution in [2.24, 2.45) is 0 Å². The molecule has 0 saturated carbocycles. The normalized spacial score (nSPS) is 25.5. The van der Waals surface area contributed by atoms with Gasteiger partial charge in [0.15, 0.2) is 5.43 Å². The molecule has 176 valence electrons. The Morgan fingerprint density at radius 1 is 1.03 bits per heavy atom. The van der Waals surface area contributed by atoms with Gasteiger partial charge in [-0.15, -0.1) is 0 Å². The molecule has 1 aliphatic heterocycles. The predicted molar refractivity (Wildman–Crippen MR) is 118 cm³/mol. The highest BCUT2D eigenvalue weighted by molar-refractivity contribution is 5.82. The summed E-state index contributed by atoms with van der Waals surface area (Å²) in [6.07, 6.45) is -5.74. The molecule has 9 heteroatoms. The van der Waals surface area contributed by atoms with E-state index in [9.17, 15) is 30.3 Å². The van der Waals surface area contributed by atoms with Crippen LogP contribution in [0.15, 0.2) is 51.9 Å². The molecule has 5 atom stereocenters. The highest BCUT2D eigenvalue weighted by Crippen LogP contribution is 2.31. The van der Waals surface area contributed by atoms with Crippen molar-refractivity contribution in [3.63, 3.8) is 0 Å². The average Bonchev–Trinajstić information content (AvgIpc) is 2.80. The molecule has 4 rings (SSSR count). The molecule has 0 spiro atoms. The lowest BCUT2D eigenvalue weighted by molar-refractivity contribution is -0.277. The second kappa shape index (κ2) is 9.12. The van der Waals surface area contributed by atoms with E-state index in [1.165, 1.54) is 24.5 Å². The zero-order chi connectivity index (χ0) is 23.9. The van der Waals surface area contributed by atoms with Gasteiger partial charge >= 0.3 is 0 Å². The second-order valence-corrected chi connectivity index (χ2v) is 8.38. The first kappa shape index (κ1) is 23.2. The lowest BCUT2D eigenvalue weighted by Gasteiger charge is -2.39. The Balaban J connectivity index is 1.64. The van der Waals surface area contributed by atoms with Gasteiger partial charge in [-0.2, -0.15) is 0 Å². The second-order valence-electron chi connectivity index (χ2n) is 8.38. The Bertz CT molecular complexity index is 1200. The molecule has 1 fully saturated rings. The molecule has 0 amide bonds. The largest absolute Gasteiger partial charge is 0.508 e. The lowest BCUT2D eigenvalue weighted by atomic mass is 9.96. The number of aliphatic hydroxyl groups is 4. The number of ether oxygens (including phenoxy) is 2. The molecular formula is C24H26O9. The molecular weight excluding hydrogens is 432 g/mol. The van der Waals surface area contributed by atoms with Crippen LogP contribution in [0, 0.1) is 0 Å². The van der Waals surface area contributed by atoms with Crippen molar-refractivity contribution in [2.75, 3.05) is 6.61 Å². The van der Waals surface area contributed by atoms with E-state index in [1.54, 1.807) is 18.2 Å². The van der Waals surface area contributed by atoms with Crippen molar-refractivity contribution in [3.8, 4) is 22.6 Å². The highest BCUT2D eigenvalue weighted by atomic mass is 16.7. The zero-order valence-corrected chi connectivity index (χ0v) is 18.1. The summed E-state index contributed by atoms with van der Waals surface area (Å²) in [5.41, 5.74) is 1.64. The number of phenolic OH excluding ortho intramolecular Hbond substituents is 1. The van der Waals surface area contributed by atoms with Gasteiger partial charge in [-0.1, -0.05) is 19.9 Å². The van der Waals surface area contributed by atoms with Crippen molar-refractivity contribution in [1.82, 2.24) is 0 Å². The summed E-state index contributed by atoms with van der Waals surface area (Å²) in [4.78, 5) is 13.1. The third kappa shape index (κ3) is 4.33. The maximum absolute atomic E-state index is 13.1. The molecule has 2 aromatic carbocycles. The number of aromatic hydroxyl groups is 1. The first-order valence-corrected chi connectivity index (χ1v) is 10.6. The van der Waals surface area contributed by atoms with Gasteiger partial charge in [0.1, 0.15) is 47.8 Å². The Hall–Kier alpha value is -2.95. The molecule has 1 aromatic heterocycles. The minimum atomic E-state index is -1.57. The molecule has 0 aliphatic carbocycles. The number of phenols is 1. The lowest BCUT2D eigenvalue weighted by Crippen LogP contribution is -2.60. The van der Waals surface area contributed by atoms with Gasteiger partial charge in [0, 0.05) is 6.07 Å². The van der Waals surface area contributed by atoms with Crippen LogP contribution in [0.3, 0.4) is 0 Å². The third-order valence-corrected chi connectivity index (χ3v) is 5.81. The number of benzene rings is 2. The summed E-state index contributed by atoms with van der Waals surface area (Å²) < 4.78 is 16.6. The molecule has 3 aromatic rings. The van der Waals surface area contributed by atoms with Crippen molar-refractivity contribution < 1.29 is 39.4 Å². The van der Waals surface area contributed by atoms with Crippen LogP contribution >= 0.6 is 0 Å². The Kier molecular flexibility index (Phi) is 6.42. The molecule has 0 radical (unpaired) electrons. The fourth-order valence-corrected chi connectivity index (χ4v) is 3.86. The van der Waals surface area contributed by atoms with E-state index in [2.05, 4.69) is 0 Å². The summed E-state index contributed by atoms with van der Waals surface area (Å²) in [7, 11) is 0. The Morgan fingerprint density at radius 3 is 2.48 bits per heavy atom. The molecule has 0 bridgehead atoms. The maximum Gasteiger partial charge on any atom is 0.229 e. The molecule has 5 N–H and O–H groups in total. The van der Waals surface area contributed by atoms with Gasteiger partial charge in [0.25, 0.3) is 0 Å². The fourth-order valence-electron chi connectivity index (χ4n) is 3.86. The molecule has 33 heavy (non-hydrogen) atoms. The number of rotatable bonds is 5. The predicted octanol–water partition coefficient (Wildman–Crippen LogP) is 1.47. The molecule has 0 unspecified atom stereocenters. The van der Waals surface area contributed by atoms with Crippen LogP contribution < -0.4 is 10.2 Å². The van der Waals surface area contributed by atoms with Gasteiger partial charge in [-0.05, 0) is 41.3 Å². The summed E-state index contributed by atoms with van der Waals surface area (Å²) in [6.45, 7) is 3.31. The van der Waals surface area contributed by atoms with Gasteiger partial charge in [-0.25, -0.2) is 0 Å². The van der Waals surface area contributed by atoms with E-state index in [4.69, 9.17) is 13.9 Å². The number of aliphatic hydroxyl groups excluding tert-OH is 4. The Morgan fingerprint density at radius 2 is 1.79 bits per heavy atom. The van der Waals surface area contributed by atoms with Gasteiger partial charge in [-0.3, -0.25) is 4.79 Å². The van der Waals surface area contributed by atoms with Crippen LogP contribution in [0.1, 0.15) is 25.3 Å². The molecule has 2 heterocycles. The van der Waals surface area contributed by atoms with E-state index >= 15 is 0 Å². The third-order valence-electron chi connectivity index (χ3n) is 5.81. The van der Waals surface area contributed by atoms with Crippen LogP contribution in [-0.4, -0.2) is 62.8 Å². The summed E-state index contributed by atoms with van der Waals surface area (Å²) in [5.74, 6) is 0.419. The molecule has 1 aliphatic rings. The summed E-state index contributed by atoms with van der Waals surface area (Å²) in [6, 6.07) is 9.39. The maximum atomic E-state index is 13.1. The molecule has 1 saturated heterocycles. The van der Waals surface area contributed by atoms with Crippen LogP contribution in [0.4, 0.5) is 0 Å². The van der Waals surface area contributed by atoms with Crippen molar-refractivity contribution in [1.29, 1.82) is 0 Å². The number of fused-ring (bicyclic) bond motifs is 1. The van der Waals surface area contributed by atoms with Crippen LogP contribution in [-0.2, 0) is 4.74 Å². The Labute approximate surface area is 189 Å². The van der Waals surface area contributed by atoms with E-state index in [-0.39, 0.29) is 28.4 Å². The number of hydrogen-bond acceptors (Lipinski definition) is 9.